The van der Waals surface area contributed by atoms with Crippen molar-refractivity contribution in [2.75, 3.05) is 5.43 Å². The Balaban J connectivity index is 2.88. The van der Waals surface area contributed by atoms with Crippen molar-refractivity contribution in [1.82, 2.24) is 15.0 Å². The zero-order valence-corrected chi connectivity index (χ0v) is 8.75. The van der Waals surface area contributed by atoms with Crippen molar-refractivity contribution in [3.8, 4) is 0 Å². The number of nitrogens with one attached hydrogen (secondary N) is 1. The maximum Gasteiger partial charge on any atom is 0.240 e. The summed E-state index contributed by atoms with van der Waals surface area (Å²) in [7, 11) is 0. The summed E-state index contributed by atoms with van der Waals surface area (Å²) in [5.41, 5.74) is 2.46. The molecule has 0 aliphatic heterocycles. The molecule has 1 aromatic rings. The number of hydrazine groups is 1. The van der Waals surface area contributed by atoms with Gasteiger partial charge in [0.25, 0.3) is 0 Å². The van der Waals surface area contributed by atoms with Gasteiger partial charge in [0, 0.05) is 12.8 Å². The second-order valence-electron chi connectivity index (χ2n) is 3.14. The van der Waals surface area contributed by atoms with Gasteiger partial charge in [-0.1, -0.05) is 13.8 Å². The molecule has 0 atom stereocenters. The topological polar surface area (TPSA) is 76.7 Å². The van der Waals surface area contributed by atoms with E-state index in [9.17, 15) is 0 Å². The molecule has 0 aliphatic rings. The van der Waals surface area contributed by atoms with E-state index in [1.807, 2.05) is 0 Å². The Hall–Kier alpha value is -1.23. The first-order valence-corrected chi connectivity index (χ1v) is 5.00. The van der Waals surface area contributed by atoms with E-state index in [0.717, 1.165) is 37.3 Å². The van der Waals surface area contributed by atoms with Gasteiger partial charge in [0.05, 0.1) is 0 Å². The normalized spacial score (nSPS) is 10.2. The van der Waals surface area contributed by atoms with Crippen molar-refractivity contribution in [2.45, 2.75) is 39.5 Å². The van der Waals surface area contributed by atoms with Crippen molar-refractivity contribution in [3.05, 3.63) is 11.6 Å². The zero-order valence-electron chi connectivity index (χ0n) is 8.75. The van der Waals surface area contributed by atoms with E-state index in [2.05, 4.69) is 34.2 Å². The molecular formula is C9H17N5. The molecule has 0 saturated heterocycles. The highest BCUT2D eigenvalue weighted by atomic mass is 15.3. The monoisotopic (exact) mass is 195 g/mol. The molecule has 1 rings (SSSR count). The first-order valence-electron chi connectivity index (χ1n) is 5.00. The van der Waals surface area contributed by atoms with E-state index >= 15 is 0 Å². The second-order valence-corrected chi connectivity index (χ2v) is 3.14. The lowest BCUT2D eigenvalue weighted by atomic mass is 10.3. The minimum Gasteiger partial charge on any atom is -0.292 e. The van der Waals surface area contributed by atoms with Crippen LogP contribution < -0.4 is 11.3 Å². The van der Waals surface area contributed by atoms with E-state index in [4.69, 9.17) is 5.84 Å². The summed E-state index contributed by atoms with van der Waals surface area (Å²) in [6, 6.07) is 0. The maximum absolute atomic E-state index is 5.28. The molecular weight excluding hydrogens is 178 g/mol. The van der Waals surface area contributed by atoms with Gasteiger partial charge in [-0.3, -0.25) is 5.43 Å². The lowest BCUT2D eigenvalue weighted by molar-refractivity contribution is 0.756. The molecule has 1 aromatic heterocycles. The van der Waals surface area contributed by atoms with Gasteiger partial charge in [-0.05, 0) is 12.8 Å². The molecule has 78 valence electrons. The van der Waals surface area contributed by atoms with E-state index < -0.39 is 0 Å². The van der Waals surface area contributed by atoms with Crippen LogP contribution in [0.1, 0.15) is 38.3 Å². The van der Waals surface area contributed by atoms with Gasteiger partial charge in [-0.15, -0.1) is 0 Å². The SMILES string of the molecule is CCCc1nc(CCC)nc(NN)n1. The van der Waals surface area contributed by atoms with E-state index in [1.54, 1.807) is 0 Å². The van der Waals surface area contributed by atoms with Crippen LogP contribution in [0, 0.1) is 0 Å². The van der Waals surface area contributed by atoms with E-state index in [1.165, 1.54) is 0 Å². The first-order chi connectivity index (χ1) is 6.80. The van der Waals surface area contributed by atoms with Crippen molar-refractivity contribution < 1.29 is 0 Å². The number of nitrogens with zero attached hydrogens (tertiary/aromatic N) is 3. The van der Waals surface area contributed by atoms with Crippen LogP contribution in [0.15, 0.2) is 0 Å². The summed E-state index contributed by atoms with van der Waals surface area (Å²) in [5.74, 6) is 7.38. The molecule has 0 radical (unpaired) electrons. The van der Waals surface area contributed by atoms with Crippen LogP contribution >= 0.6 is 0 Å². The molecule has 0 aliphatic carbocycles. The predicted octanol–water partition coefficient (Wildman–Crippen LogP) is 1.06. The van der Waals surface area contributed by atoms with Crippen LogP contribution in [0.4, 0.5) is 5.95 Å². The predicted molar refractivity (Wildman–Crippen MR) is 55.6 cm³/mol. The smallest absolute Gasteiger partial charge is 0.240 e. The Morgan fingerprint density at radius 2 is 1.50 bits per heavy atom. The van der Waals surface area contributed by atoms with Crippen molar-refractivity contribution in [1.29, 1.82) is 0 Å². The first kappa shape index (κ1) is 10.8. The van der Waals surface area contributed by atoms with Gasteiger partial charge in [-0.2, -0.15) is 9.97 Å². The lowest BCUT2D eigenvalue weighted by Crippen LogP contribution is -2.14. The third kappa shape index (κ3) is 2.92. The molecule has 0 fully saturated rings. The summed E-state index contributed by atoms with van der Waals surface area (Å²) < 4.78 is 0. The number of nitrogens with two attached hydrogens (primary N) is 1. The minimum atomic E-state index is 0.465. The van der Waals surface area contributed by atoms with Gasteiger partial charge in [0.2, 0.25) is 5.95 Å². The highest BCUT2D eigenvalue weighted by Gasteiger charge is 2.03. The molecule has 0 unspecified atom stereocenters. The van der Waals surface area contributed by atoms with Gasteiger partial charge >= 0.3 is 0 Å². The average Bonchev–Trinajstić information content (AvgIpc) is 2.18. The van der Waals surface area contributed by atoms with E-state index in [-0.39, 0.29) is 0 Å². The third-order valence-corrected chi connectivity index (χ3v) is 1.80. The summed E-state index contributed by atoms with van der Waals surface area (Å²) >= 11 is 0. The number of hydrogen-bond acceptors (Lipinski definition) is 5. The minimum absolute atomic E-state index is 0.465. The summed E-state index contributed by atoms with van der Waals surface area (Å²) in [6.45, 7) is 4.19. The number of aromatic nitrogens is 3. The lowest BCUT2D eigenvalue weighted by Gasteiger charge is -2.04. The Morgan fingerprint density at radius 1 is 1.00 bits per heavy atom. The second kappa shape index (κ2) is 5.49. The van der Waals surface area contributed by atoms with Gasteiger partial charge in [0.1, 0.15) is 11.6 Å². The standard InChI is InChI=1S/C9H17N5/c1-3-5-7-11-8(6-4-2)13-9(12-7)14-10/h3-6,10H2,1-2H3,(H,11,12,13,14). The zero-order chi connectivity index (χ0) is 10.4. The maximum atomic E-state index is 5.28. The van der Waals surface area contributed by atoms with E-state index in [0.29, 0.717) is 5.95 Å². The number of nitrogen functional groups attached to an aromatic ring is 1. The van der Waals surface area contributed by atoms with Gasteiger partial charge in [-0.25, -0.2) is 10.8 Å². The van der Waals surface area contributed by atoms with Crippen molar-refractivity contribution >= 4 is 5.95 Å². The van der Waals surface area contributed by atoms with Crippen LogP contribution in [0.2, 0.25) is 0 Å². The quantitative estimate of drug-likeness (QED) is 0.542. The summed E-state index contributed by atoms with van der Waals surface area (Å²) in [6.07, 6.45) is 3.79. The average molecular weight is 195 g/mol. The van der Waals surface area contributed by atoms with Crippen LogP contribution in [0.25, 0.3) is 0 Å². The largest absolute Gasteiger partial charge is 0.292 e. The Labute approximate surface area is 84.1 Å². The fourth-order valence-electron chi connectivity index (χ4n) is 1.20. The number of anilines is 1. The molecule has 0 spiro atoms. The van der Waals surface area contributed by atoms with Crippen LogP contribution in [0.3, 0.4) is 0 Å². The van der Waals surface area contributed by atoms with Gasteiger partial charge < -0.3 is 0 Å². The summed E-state index contributed by atoms with van der Waals surface area (Å²) in [5, 5.41) is 0. The molecule has 14 heavy (non-hydrogen) atoms. The van der Waals surface area contributed by atoms with Crippen molar-refractivity contribution in [3.63, 3.8) is 0 Å². The van der Waals surface area contributed by atoms with Crippen molar-refractivity contribution in [2.24, 2.45) is 5.84 Å². The molecule has 0 bridgehead atoms. The molecule has 0 amide bonds. The molecule has 0 saturated carbocycles. The molecule has 5 nitrogen and oxygen atoms in total. The highest BCUT2D eigenvalue weighted by molar-refractivity contribution is 5.21. The number of aryl methyl sites for hydroxylation is 2. The Morgan fingerprint density at radius 3 is 1.86 bits per heavy atom. The Bertz CT molecular complexity index is 262. The fraction of sp³-hybridized carbons (Fsp3) is 0.667. The van der Waals surface area contributed by atoms with Gasteiger partial charge in [0.15, 0.2) is 0 Å². The Kier molecular flexibility index (Phi) is 4.25. The highest BCUT2D eigenvalue weighted by Crippen LogP contribution is 2.04. The molecule has 0 aromatic carbocycles. The molecule has 3 N–H and O–H groups in total. The molecule has 1 heterocycles. The van der Waals surface area contributed by atoms with Crippen LogP contribution in [-0.4, -0.2) is 15.0 Å². The third-order valence-electron chi connectivity index (χ3n) is 1.80. The molecule has 5 heteroatoms. The summed E-state index contributed by atoms with van der Waals surface area (Å²) in [4.78, 5) is 12.7. The van der Waals surface area contributed by atoms with Crippen LogP contribution in [-0.2, 0) is 12.8 Å². The number of hydrogen-bond donors (Lipinski definition) is 2. The fourth-order valence-corrected chi connectivity index (χ4v) is 1.20. The van der Waals surface area contributed by atoms with Crippen LogP contribution in [0.5, 0.6) is 0 Å². The number of rotatable bonds is 5.